The van der Waals surface area contributed by atoms with Gasteiger partial charge in [-0.15, -0.1) is 0 Å². The average molecular weight is 295 g/mol. The van der Waals surface area contributed by atoms with Crippen molar-refractivity contribution in [1.82, 2.24) is 10.2 Å². The van der Waals surface area contributed by atoms with E-state index in [0.717, 1.165) is 22.9 Å². The Morgan fingerprint density at radius 2 is 2.05 bits per heavy atom. The van der Waals surface area contributed by atoms with Gasteiger partial charge >= 0.3 is 0 Å². The number of furan rings is 1. The maximum Gasteiger partial charge on any atom is 0.169 e. The van der Waals surface area contributed by atoms with Crippen molar-refractivity contribution in [3.05, 3.63) is 59.0 Å². The lowest BCUT2D eigenvalue weighted by Crippen LogP contribution is -2.36. The standard InChI is InChI=1S/C14H15ClN2OS/c1-17(10-11-4-6-12(15)7-5-11)14(19)16-9-13-3-2-8-18-13/h2-8H,9-10H2,1H3,(H,16,19). The van der Waals surface area contributed by atoms with Gasteiger partial charge in [0.25, 0.3) is 0 Å². The van der Waals surface area contributed by atoms with Gasteiger partial charge in [0.15, 0.2) is 5.11 Å². The van der Waals surface area contributed by atoms with Crippen LogP contribution in [0.2, 0.25) is 5.02 Å². The maximum absolute atomic E-state index is 5.86. The number of halogens is 1. The highest BCUT2D eigenvalue weighted by molar-refractivity contribution is 7.80. The van der Waals surface area contributed by atoms with Crippen molar-refractivity contribution in [1.29, 1.82) is 0 Å². The number of rotatable bonds is 4. The van der Waals surface area contributed by atoms with Crippen LogP contribution in [-0.2, 0) is 13.1 Å². The summed E-state index contributed by atoms with van der Waals surface area (Å²) in [5.41, 5.74) is 1.16. The molecule has 2 rings (SSSR count). The summed E-state index contributed by atoms with van der Waals surface area (Å²) in [5, 5.41) is 4.58. The molecule has 0 unspecified atom stereocenters. The Hall–Kier alpha value is -1.52. The summed E-state index contributed by atoms with van der Waals surface area (Å²) in [4.78, 5) is 1.97. The third kappa shape index (κ3) is 4.26. The van der Waals surface area contributed by atoms with Gasteiger partial charge < -0.3 is 14.6 Å². The molecule has 0 saturated carbocycles. The molecule has 1 heterocycles. The Labute approximate surface area is 123 Å². The van der Waals surface area contributed by atoms with Crippen molar-refractivity contribution in [2.24, 2.45) is 0 Å². The highest BCUT2D eigenvalue weighted by Gasteiger charge is 2.05. The Morgan fingerprint density at radius 1 is 1.32 bits per heavy atom. The van der Waals surface area contributed by atoms with E-state index in [1.807, 2.05) is 48.3 Å². The van der Waals surface area contributed by atoms with Gasteiger partial charge in [0, 0.05) is 18.6 Å². The predicted molar refractivity (Wildman–Crippen MR) is 81.1 cm³/mol. The van der Waals surface area contributed by atoms with Crippen LogP contribution in [0.25, 0.3) is 0 Å². The lowest BCUT2D eigenvalue weighted by Gasteiger charge is -2.20. The van der Waals surface area contributed by atoms with Crippen LogP contribution in [0.15, 0.2) is 47.1 Å². The molecule has 0 radical (unpaired) electrons. The van der Waals surface area contributed by atoms with Crippen molar-refractivity contribution >= 4 is 28.9 Å². The second kappa shape index (κ2) is 6.59. The lowest BCUT2D eigenvalue weighted by molar-refractivity contribution is 0.468. The molecule has 19 heavy (non-hydrogen) atoms. The molecule has 0 spiro atoms. The number of thiocarbonyl (C=S) groups is 1. The molecule has 1 aromatic heterocycles. The van der Waals surface area contributed by atoms with E-state index < -0.39 is 0 Å². The van der Waals surface area contributed by atoms with Crippen molar-refractivity contribution in [3.63, 3.8) is 0 Å². The van der Waals surface area contributed by atoms with Crippen LogP contribution in [0.1, 0.15) is 11.3 Å². The number of hydrogen-bond acceptors (Lipinski definition) is 2. The van der Waals surface area contributed by atoms with Gasteiger partial charge in [-0.1, -0.05) is 23.7 Å². The topological polar surface area (TPSA) is 28.4 Å². The summed E-state index contributed by atoms with van der Waals surface area (Å²) in [6.45, 7) is 1.33. The van der Waals surface area contributed by atoms with Crippen LogP contribution < -0.4 is 5.32 Å². The van der Waals surface area contributed by atoms with E-state index in [9.17, 15) is 0 Å². The molecular weight excluding hydrogens is 280 g/mol. The molecule has 1 N–H and O–H groups in total. The third-order valence-electron chi connectivity index (χ3n) is 2.67. The summed E-state index contributed by atoms with van der Waals surface area (Å²) in [6, 6.07) is 11.5. The summed E-state index contributed by atoms with van der Waals surface area (Å²) >= 11 is 11.2. The molecule has 3 nitrogen and oxygen atoms in total. The van der Waals surface area contributed by atoms with Crippen molar-refractivity contribution in [2.75, 3.05) is 7.05 Å². The van der Waals surface area contributed by atoms with E-state index in [-0.39, 0.29) is 0 Å². The first-order valence-electron chi connectivity index (χ1n) is 5.91. The summed E-state index contributed by atoms with van der Waals surface area (Å²) < 4.78 is 5.24. The predicted octanol–water partition coefficient (Wildman–Crippen LogP) is 3.44. The van der Waals surface area contributed by atoms with Gasteiger partial charge in [0.05, 0.1) is 12.8 Å². The Morgan fingerprint density at radius 3 is 2.68 bits per heavy atom. The quantitative estimate of drug-likeness (QED) is 0.875. The zero-order chi connectivity index (χ0) is 13.7. The molecule has 2 aromatic rings. The smallest absolute Gasteiger partial charge is 0.169 e. The van der Waals surface area contributed by atoms with Gasteiger partial charge in [-0.05, 0) is 42.0 Å². The summed E-state index contributed by atoms with van der Waals surface area (Å²) in [7, 11) is 1.95. The molecule has 5 heteroatoms. The van der Waals surface area contributed by atoms with Gasteiger partial charge in [-0.3, -0.25) is 0 Å². The lowest BCUT2D eigenvalue weighted by atomic mass is 10.2. The van der Waals surface area contributed by atoms with Crippen LogP contribution in [0.5, 0.6) is 0 Å². The van der Waals surface area contributed by atoms with E-state index in [0.29, 0.717) is 11.7 Å². The first kappa shape index (κ1) is 13.9. The van der Waals surface area contributed by atoms with Crippen molar-refractivity contribution in [2.45, 2.75) is 13.1 Å². The minimum absolute atomic E-state index is 0.594. The highest BCUT2D eigenvalue weighted by atomic mass is 35.5. The van der Waals surface area contributed by atoms with Crippen LogP contribution in [0.3, 0.4) is 0 Å². The molecule has 0 atom stereocenters. The molecule has 0 amide bonds. The second-order valence-electron chi connectivity index (χ2n) is 4.22. The average Bonchev–Trinajstić information content (AvgIpc) is 2.91. The monoisotopic (exact) mass is 294 g/mol. The minimum atomic E-state index is 0.594. The molecular formula is C14H15ClN2OS. The Kier molecular flexibility index (Phi) is 4.82. The maximum atomic E-state index is 5.86. The van der Waals surface area contributed by atoms with Gasteiger partial charge in [0.2, 0.25) is 0 Å². The summed E-state index contributed by atoms with van der Waals surface area (Å²) in [5.74, 6) is 0.863. The fourth-order valence-electron chi connectivity index (χ4n) is 1.65. The number of benzene rings is 1. The van der Waals surface area contributed by atoms with E-state index in [2.05, 4.69) is 5.32 Å². The fraction of sp³-hybridized carbons (Fsp3) is 0.214. The fourth-order valence-corrected chi connectivity index (χ4v) is 1.91. The third-order valence-corrected chi connectivity index (χ3v) is 3.38. The molecule has 100 valence electrons. The second-order valence-corrected chi connectivity index (χ2v) is 5.04. The van der Waals surface area contributed by atoms with E-state index in [4.69, 9.17) is 28.2 Å². The zero-order valence-corrected chi connectivity index (χ0v) is 12.2. The van der Waals surface area contributed by atoms with Crippen LogP contribution in [0.4, 0.5) is 0 Å². The SMILES string of the molecule is CN(Cc1ccc(Cl)cc1)C(=S)NCc1ccco1. The Balaban J connectivity index is 1.83. The first-order valence-corrected chi connectivity index (χ1v) is 6.69. The zero-order valence-electron chi connectivity index (χ0n) is 10.6. The number of nitrogens with one attached hydrogen (secondary N) is 1. The Bertz CT molecular complexity index is 525. The highest BCUT2D eigenvalue weighted by Crippen LogP contribution is 2.11. The van der Waals surface area contributed by atoms with Crippen LogP contribution in [-0.4, -0.2) is 17.1 Å². The first-order chi connectivity index (χ1) is 9.15. The van der Waals surface area contributed by atoms with E-state index >= 15 is 0 Å². The van der Waals surface area contributed by atoms with Gasteiger partial charge in [-0.25, -0.2) is 0 Å². The molecule has 0 saturated heterocycles. The minimum Gasteiger partial charge on any atom is -0.467 e. The molecule has 1 aromatic carbocycles. The van der Waals surface area contributed by atoms with E-state index in [1.54, 1.807) is 6.26 Å². The van der Waals surface area contributed by atoms with Crippen molar-refractivity contribution < 1.29 is 4.42 Å². The number of hydrogen-bond donors (Lipinski definition) is 1. The molecule has 0 aliphatic carbocycles. The van der Waals surface area contributed by atoms with Crippen LogP contribution >= 0.6 is 23.8 Å². The molecule has 0 aliphatic heterocycles. The largest absolute Gasteiger partial charge is 0.467 e. The molecule has 0 bridgehead atoms. The molecule has 0 aliphatic rings. The van der Waals surface area contributed by atoms with Gasteiger partial charge in [0.1, 0.15) is 5.76 Å². The van der Waals surface area contributed by atoms with E-state index in [1.165, 1.54) is 0 Å². The normalized spacial score (nSPS) is 10.2. The van der Waals surface area contributed by atoms with Crippen molar-refractivity contribution in [3.8, 4) is 0 Å². The van der Waals surface area contributed by atoms with Crippen LogP contribution in [0, 0.1) is 0 Å². The number of nitrogens with zero attached hydrogens (tertiary/aromatic N) is 1. The van der Waals surface area contributed by atoms with Gasteiger partial charge in [-0.2, -0.15) is 0 Å². The summed E-state index contributed by atoms with van der Waals surface area (Å²) in [6.07, 6.45) is 1.65. The molecule has 0 fully saturated rings.